The average Bonchev–Trinajstić information content (AvgIpc) is 2.98. The molecule has 0 aliphatic rings. The summed E-state index contributed by atoms with van der Waals surface area (Å²) in [5.74, 6) is 0.884. The molecule has 1 aromatic carbocycles. The van der Waals surface area contributed by atoms with E-state index in [1.807, 2.05) is 31.0 Å². The van der Waals surface area contributed by atoms with Gasteiger partial charge in [-0.15, -0.1) is 0 Å². The van der Waals surface area contributed by atoms with Gasteiger partial charge in [0.15, 0.2) is 5.96 Å². The SMILES string of the molecule is CN=C(NCC(c1cnn(C)c1)N(C)C)N(C)Cc1ccccc1. The highest BCUT2D eigenvalue weighted by Gasteiger charge is 2.17. The molecule has 0 saturated carbocycles. The zero-order valence-corrected chi connectivity index (χ0v) is 15.3. The van der Waals surface area contributed by atoms with Crippen LogP contribution in [0.3, 0.4) is 0 Å². The maximum absolute atomic E-state index is 4.41. The molecular weight excluding hydrogens is 300 g/mol. The summed E-state index contributed by atoms with van der Waals surface area (Å²) in [7, 11) is 9.97. The third-order valence-corrected chi connectivity index (χ3v) is 4.02. The summed E-state index contributed by atoms with van der Waals surface area (Å²) in [6.45, 7) is 1.59. The van der Waals surface area contributed by atoms with Crippen LogP contribution in [-0.2, 0) is 13.6 Å². The Hall–Kier alpha value is -2.34. The Labute approximate surface area is 144 Å². The lowest BCUT2D eigenvalue weighted by atomic mass is 10.1. The van der Waals surface area contributed by atoms with E-state index in [2.05, 4.69) is 76.8 Å². The van der Waals surface area contributed by atoms with Gasteiger partial charge in [0, 0.05) is 46.0 Å². The lowest BCUT2D eigenvalue weighted by Crippen LogP contribution is -2.42. The van der Waals surface area contributed by atoms with E-state index in [9.17, 15) is 0 Å². The molecule has 0 amide bonds. The van der Waals surface area contributed by atoms with Crippen LogP contribution in [-0.4, -0.2) is 60.3 Å². The predicted octanol–water partition coefficient (Wildman–Crippen LogP) is 1.73. The topological polar surface area (TPSA) is 48.7 Å². The Morgan fingerprint density at radius 2 is 1.96 bits per heavy atom. The highest BCUT2D eigenvalue weighted by molar-refractivity contribution is 5.79. The molecule has 0 fully saturated rings. The Morgan fingerprint density at radius 1 is 1.25 bits per heavy atom. The minimum atomic E-state index is 0.237. The number of hydrogen-bond donors (Lipinski definition) is 1. The number of rotatable bonds is 6. The van der Waals surface area contributed by atoms with Gasteiger partial charge >= 0.3 is 0 Å². The van der Waals surface area contributed by atoms with Gasteiger partial charge in [0.25, 0.3) is 0 Å². The van der Waals surface area contributed by atoms with Gasteiger partial charge in [-0.05, 0) is 19.7 Å². The third kappa shape index (κ3) is 4.83. The zero-order valence-electron chi connectivity index (χ0n) is 15.3. The summed E-state index contributed by atoms with van der Waals surface area (Å²) in [5, 5.41) is 7.76. The molecule has 6 nitrogen and oxygen atoms in total. The summed E-state index contributed by atoms with van der Waals surface area (Å²) >= 11 is 0. The molecule has 2 aromatic rings. The second-order valence-corrected chi connectivity index (χ2v) is 6.20. The van der Waals surface area contributed by atoms with E-state index in [0.29, 0.717) is 0 Å². The molecule has 1 aromatic heterocycles. The van der Waals surface area contributed by atoms with Gasteiger partial charge in [-0.2, -0.15) is 5.10 Å². The normalized spacial score (nSPS) is 13.2. The maximum atomic E-state index is 4.41. The van der Waals surface area contributed by atoms with Crippen LogP contribution in [0.25, 0.3) is 0 Å². The molecule has 0 aliphatic heterocycles. The summed E-state index contributed by atoms with van der Waals surface area (Å²) < 4.78 is 1.84. The van der Waals surface area contributed by atoms with Crippen molar-refractivity contribution in [1.82, 2.24) is 24.9 Å². The van der Waals surface area contributed by atoms with Crippen molar-refractivity contribution in [3.05, 3.63) is 53.9 Å². The van der Waals surface area contributed by atoms with Crippen molar-refractivity contribution in [1.29, 1.82) is 0 Å². The van der Waals surface area contributed by atoms with Crippen LogP contribution in [0.5, 0.6) is 0 Å². The average molecular weight is 328 g/mol. The first-order valence-corrected chi connectivity index (χ1v) is 8.12. The minimum absolute atomic E-state index is 0.237. The van der Waals surface area contributed by atoms with E-state index in [1.165, 1.54) is 11.1 Å². The lowest BCUT2D eigenvalue weighted by molar-refractivity contribution is 0.295. The van der Waals surface area contributed by atoms with Crippen LogP contribution < -0.4 is 5.32 Å². The van der Waals surface area contributed by atoms with Gasteiger partial charge in [0.2, 0.25) is 0 Å². The van der Waals surface area contributed by atoms with Crippen molar-refractivity contribution in [3.8, 4) is 0 Å². The number of guanidine groups is 1. The first-order valence-electron chi connectivity index (χ1n) is 8.12. The van der Waals surface area contributed by atoms with E-state index in [1.54, 1.807) is 0 Å². The van der Waals surface area contributed by atoms with Gasteiger partial charge in [0.05, 0.1) is 12.2 Å². The number of aromatic nitrogens is 2. The number of benzene rings is 1. The van der Waals surface area contributed by atoms with Crippen LogP contribution in [0, 0.1) is 0 Å². The molecule has 0 aliphatic carbocycles. The number of nitrogens with zero attached hydrogens (tertiary/aromatic N) is 5. The van der Waals surface area contributed by atoms with E-state index < -0.39 is 0 Å². The monoisotopic (exact) mass is 328 g/mol. The zero-order chi connectivity index (χ0) is 17.5. The van der Waals surface area contributed by atoms with Gasteiger partial charge in [-0.1, -0.05) is 30.3 Å². The van der Waals surface area contributed by atoms with E-state index in [4.69, 9.17) is 0 Å². The van der Waals surface area contributed by atoms with Gasteiger partial charge in [-0.25, -0.2) is 0 Å². The van der Waals surface area contributed by atoms with E-state index >= 15 is 0 Å². The lowest BCUT2D eigenvalue weighted by Gasteiger charge is -2.27. The van der Waals surface area contributed by atoms with E-state index in [0.717, 1.165) is 19.0 Å². The molecule has 0 bridgehead atoms. The predicted molar refractivity (Wildman–Crippen MR) is 98.9 cm³/mol. The molecule has 1 atom stereocenters. The molecule has 130 valence electrons. The fourth-order valence-corrected chi connectivity index (χ4v) is 2.72. The van der Waals surface area contributed by atoms with Crippen molar-refractivity contribution >= 4 is 5.96 Å². The molecule has 1 heterocycles. The second kappa shape index (κ2) is 8.49. The molecule has 6 heteroatoms. The van der Waals surface area contributed by atoms with Gasteiger partial charge in [0.1, 0.15) is 0 Å². The van der Waals surface area contributed by atoms with Crippen molar-refractivity contribution in [2.75, 3.05) is 34.7 Å². The number of aryl methyl sites for hydroxylation is 1. The van der Waals surface area contributed by atoms with Crippen molar-refractivity contribution in [3.63, 3.8) is 0 Å². The summed E-state index contributed by atoms with van der Waals surface area (Å²) in [4.78, 5) is 8.73. The Balaban J connectivity index is 1.98. The molecular formula is C18H28N6. The van der Waals surface area contributed by atoms with Crippen LogP contribution in [0.2, 0.25) is 0 Å². The van der Waals surface area contributed by atoms with Crippen LogP contribution in [0.15, 0.2) is 47.7 Å². The highest BCUT2D eigenvalue weighted by Crippen LogP contribution is 2.16. The number of nitrogens with one attached hydrogen (secondary N) is 1. The Kier molecular flexibility index (Phi) is 6.37. The van der Waals surface area contributed by atoms with Crippen LogP contribution >= 0.6 is 0 Å². The third-order valence-electron chi connectivity index (χ3n) is 4.02. The summed E-state index contributed by atoms with van der Waals surface area (Å²) in [6, 6.07) is 10.6. The van der Waals surface area contributed by atoms with Crippen molar-refractivity contribution in [2.24, 2.45) is 12.0 Å². The van der Waals surface area contributed by atoms with Crippen molar-refractivity contribution in [2.45, 2.75) is 12.6 Å². The Bertz CT molecular complexity index is 647. The van der Waals surface area contributed by atoms with Gasteiger partial charge < -0.3 is 15.1 Å². The molecule has 1 unspecified atom stereocenters. The summed E-state index contributed by atoms with van der Waals surface area (Å²) in [6.07, 6.45) is 3.98. The second-order valence-electron chi connectivity index (χ2n) is 6.20. The van der Waals surface area contributed by atoms with E-state index in [-0.39, 0.29) is 6.04 Å². The number of likely N-dealkylation sites (N-methyl/N-ethyl adjacent to an activating group) is 1. The molecule has 0 saturated heterocycles. The van der Waals surface area contributed by atoms with Crippen molar-refractivity contribution < 1.29 is 0 Å². The molecule has 1 N–H and O–H groups in total. The molecule has 0 radical (unpaired) electrons. The highest BCUT2D eigenvalue weighted by atomic mass is 15.3. The number of hydrogen-bond acceptors (Lipinski definition) is 3. The largest absolute Gasteiger partial charge is 0.354 e. The smallest absolute Gasteiger partial charge is 0.193 e. The Morgan fingerprint density at radius 3 is 2.50 bits per heavy atom. The fraction of sp³-hybridized carbons (Fsp3) is 0.444. The number of aliphatic imine (C=N–C) groups is 1. The van der Waals surface area contributed by atoms with Gasteiger partial charge in [-0.3, -0.25) is 9.67 Å². The maximum Gasteiger partial charge on any atom is 0.193 e. The molecule has 24 heavy (non-hydrogen) atoms. The quantitative estimate of drug-likeness (QED) is 0.648. The molecule has 2 rings (SSSR count). The van der Waals surface area contributed by atoms with Crippen LogP contribution in [0.1, 0.15) is 17.2 Å². The minimum Gasteiger partial charge on any atom is -0.354 e. The fourth-order valence-electron chi connectivity index (χ4n) is 2.72. The first kappa shape index (κ1) is 18.0. The first-order chi connectivity index (χ1) is 11.5. The standard InChI is InChI=1S/C18H28N6/c1-19-18(23(4)13-15-9-7-6-8-10-15)20-12-17(22(2)3)16-11-21-24(5)14-16/h6-11,14,17H,12-13H2,1-5H3,(H,19,20). The summed E-state index contributed by atoms with van der Waals surface area (Å²) in [5.41, 5.74) is 2.45. The molecule has 0 spiro atoms. The van der Waals surface area contributed by atoms with Crippen LogP contribution in [0.4, 0.5) is 0 Å².